The molecule has 0 radical (unpaired) electrons. The smallest absolute Gasteiger partial charge is 0.272 e. The Morgan fingerprint density at radius 1 is 1.26 bits per heavy atom. The van der Waals surface area contributed by atoms with Gasteiger partial charge >= 0.3 is 0 Å². The van der Waals surface area contributed by atoms with E-state index in [1.165, 1.54) is 0 Å². The van der Waals surface area contributed by atoms with Crippen LogP contribution in [0.25, 0.3) is 0 Å². The third kappa shape index (κ3) is 3.39. The Bertz CT molecular complexity index is 589. The molecule has 2 saturated heterocycles. The number of carbonyl (C=O) groups excluding carboxylic acids is 2. The molecule has 0 bridgehead atoms. The topological polar surface area (TPSA) is 70.5 Å². The van der Waals surface area contributed by atoms with Crippen molar-refractivity contribution in [1.82, 2.24) is 24.9 Å². The molecule has 3 heterocycles. The summed E-state index contributed by atoms with van der Waals surface area (Å²) in [5.41, 5.74) is 1.48. The Labute approximate surface area is 136 Å². The van der Waals surface area contributed by atoms with E-state index in [9.17, 15) is 9.59 Å². The molecule has 1 N–H and O–H groups in total. The highest BCUT2D eigenvalue weighted by Gasteiger charge is 2.31. The fourth-order valence-electron chi connectivity index (χ4n) is 3.48. The predicted octanol–water partition coefficient (Wildman–Crippen LogP) is 0.155. The Kier molecular flexibility index (Phi) is 4.66. The largest absolute Gasteiger partial charge is 0.355 e. The molecule has 0 aromatic carbocycles. The van der Waals surface area contributed by atoms with Gasteiger partial charge in [-0.05, 0) is 32.3 Å². The van der Waals surface area contributed by atoms with E-state index in [0.717, 1.165) is 44.6 Å². The number of nitrogens with one attached hydrogen (secondary N) is 1. The van der Waals surface area contributed by atoms with Gasteiger partial charge in [0.05, 0.1) is 11.7 Å². The molecular formula is C16H25N5O2. The van der Waals surface area contributed by atoms with E-state index in [1.807, 2.05) is 17.9 Å². The molecule has 0 saturated carbocycles. The van der Waals surface area contributed by atoms with Crippen LogP contribution in [-0.2, 0) is 11.8 Å². The average Bonchev–Trinajstić information content (AvgIpc) is 2.74. The number of aromatic nitrogens is 2. The van der Waals surface area contributed by atoms with Gasteiger partial charge in [0, 0.05) is 39.8 Å². The standard InChI is InChI=1S/C16H25N5O2/c1-12-11-14(19(2)18-12)16(23)21-9-7-20(8-10-21)13-5-3-4-6-17-15(13)22/h11,13H,3-10H2,1-2H3,(H,17,22). The van der Waals surface area contributed by atoms with E-state index >= 15 is 0 Å². The number of rotatable bonds is 2. The van der Waals surface area contributed by atoms with Crippen molar-refractivity contribution in [2.24, 2.45) is 7.05 Å². The molecule has 1 atom stereocenters. The van der Waals surface area contributed by atoms with Gasteiger partial charge in [0.2, 0.25) is 5.91 Å². The van der Waals surface area contributed by atoms with Crippen molar-refractivity contribution in [3.8, 4) is 0 Å². The molecule has 2 amide bonds. The fourth-order valence-corrected chi connectivity index (χ4v) is 3.48. The summed E-state index contributed by atoms with van der Waals surface area (Å²) in [6.07, 6.45) is 3.05. The molecule has 23 heavy (non-hydrogen) atoms. The molecule has 1 aromatic heterocycles. The van der Waals surface area contributed by atoms with Crippen molar-refractivity contribution < 1.29 is 9.59 Å². The van der Waals surface area contributed by atoms with Crippen LogP contribution in [0.4, 0.5) is 0 Å². The maximum absolute atomic E-state index is 12.6. The van der Waals surface area contributed by atoms with E-state index < -0.39 is 0 Å². The SMILES string of the molecule is Cc1cc(C(=O)N2CCN(C3CCCCNC3=O)CC2)n(C)n1. The van der Waals surface area contributed by atoms with Gasteiger partial charge < -0.3 is 10.2 Å². The van der Waals surface area contributed by atoms with Gasteiger partial charge in [0.25, 0.3) is 5.91 Å². The summed E-state index contributed by atoms with van der Waals surface area (Å²) < 4.78 is 1.64. The Morgan fingerprint density at radius 3 is 2.65 bits per heavy atom. The van der Waals surface area contributed by atoms with Crippen molar-refractivity contribution in [3.05, 3.63) is 17.5 Å². The number of aryl methyl sites for hydroxylation is 2. The lowest BCUT2D eigenvalue weighted by molar-refractivity contribution is -0.126. The van der Waals surface area contributed by atoms with Crippen molar-refractivity contribution in [3.63, 3.8) is 0 Å². The fraction of sp³-hybridized carbons (Fsp3) is 0.688. The first-order valence-electron chi connectivity index (χ1n) is 8.38. The van der Waals surface area contributed by atoms with Crippen molar-refractivity contribution in [2.75, 3.05) is 32.7 Å². The zero-order valence-corrected chi connectivity index (χ0v) is 13.9. The number of amides is 2. The maximum atomic E-state index is 12.6. The second kappa shape index (κ2) is 6.70. The lowest BCUT2D eigenvalue weighted by Crippen LogP contribution is -2.55. The van der Waals surface area contributed by atoms with Gasteiger partial charge in [-0.2, -0.15) is 5.10 Å². The molecule has 1 aromatic rings. The van der Waals surface area contributed by atoms with Gasteiger partial charge in [-0.3, -0.25) is 19.2 Å². The van der Waals surface area contributed by atoms with Gasteiger partial charge in [-0.1, -0.05) is 0 Å². The number of hydrogen-bond donors (Lipinski definition) is 1. The first-order chi connectivity index (χ1) is 11.1. The number of nitrogens with zero attached hydrogens (tertiary/aromatic N) is 4. The zero-order chi connectivity index (χ0) is 16.4. The summed E-state index contributed by atoms with van der Waals surface area (Å²) in [6, 6.07) is 1.79. The second-order valence-corrected chi connectivity index (χ2v) is 6.43. The van der Waals surface area contributed by atoms with E-state index in [-0.39, 0.29) is 17.9 Å². The van der Waals surface area contributed by atoms with Crippen LogP contribution in [0.3, 0.4) is 0 Å². The van der Waals surface area contributed by atoms with E-state index in [0.29, 0.717) is 18.8 Å². The van der Waals surface area contributed by atoms with Crippen LogP contribution >= 0.6 is 0 Å². The molecule has 0 aliphatic carbocycles. The molecular weight excluding hydrogens is 294 g/mol. The predicted molar refractivity (Wildman–Crippen MR) is 86.1 cm³/mol. The summed E-state index contributed by atoms with van der Waals surface area (Å²) in [7, 11) is 1.80. The van der Waals surface area contributed by atoms with Crippen LogP contribution in [-0.4, -0.2) is 70.2 Å². The summed E-state index contributed by atoms with van der Waals surface area (Å²) in [5, 5.41) is 7.23. The van der Waals surface area contributed by atoms with E-state index in [1.54, 1.807) is 11.7 Å². The molecule has 126 valence electrons. The molecule has 1 unspecified atom stereocenters. The van der Waals surface area contributed by atoms with Crippen LogP contribution in [0.15, 0.2) is 6.07 Å². The highest BCUT2D eigenvalue weighted by molar-refractivity contribution is 5.92. The van der Waals surface area contributed by atoms with Gasteiger partial charge in [0.15, 0.2) is 0 Å². The maximum Gasteiger partial charge on any atom is 0.272 e. The minimum atomic E-state index is -0.0336. The Balaban J connectivity index is 1.60. The minimum Gasteiger partial charge on any atom is -0.355 e. The monoisotopic (exact) mass is 319 g/mol. The second-order valence-electron chi connectivity index (χ2n) is 6.43. The zero-order valence-electron chi connectivity index (χ0n) is 13.9. The molecule has 7 nitrogen and oxygen atoms in total. The molecule has 3 rings (SSSR count). The summed E-state index contributed by atoms with van der Waals surface area (Å²) in [6.45, 7) is 5.49. The molecule has 2 fully saturated rings. The summed E-state index contributed by atoms with van der Waals surface area (Å²) in [4.78, 5) is 28.8. The van der Waals surface area contributed by atoms with Crippen molar-refractivity contribution in [2.45, 2.75) is 32.2 Å². The molecule has 2 aliphatic rings. The number of carbonyl (C=O) groups is 2. The lowest BCUT2D eigenvalue weighted by Gasteiger charge is -2.38. The Hall–Kier alpha value is -1.89. The molecule has 2 aliphatic heterocycles. The molecule has 7 heteroatoms. The average molecular weight is 319 g/mol. The van der Waals surface area contributed by atoms with Crippen LogP contribution < -0.4 is 5.32 Å². The van der Waals surface area contributed by atoms with Crippen LogP contribution in [0.2, 0.25) is 0 Å². The van der Waals surface area contributed by atoms with Crippen molar-refractivity contribution >= 4 is 11.8 Å². The highest BCUT2D eigenvalue weighted by atomic mass is 16.2. The summed E-state index contributed by atoms with van der Waals surface area (Å²) in [5.74, 6) is 0.169. The third-order valence-electron chi connectivity index (χ3n) is 4.77. The minimum absolute atomic E-state index is 0.0260. The first kappa shape index (κ1) is 16.0. The van der Waals surface area contributed by atoms with E-state index in [4.69, 9.17) is 0 Å². The summed E-state index contributed by atoms with van der Waals surface area (Å²) >= 11 is 0. The highest BCUT2D eigenvalue weighted by Crippen LogP contribution is 2.16. The Morgan fingerprint density at radius 2 is 2.00 bits per heavy atom. The molecule has 0 spiro atoms. The number of piperazine rings is 1. The van der Waals surface area contributed by atoms with Crippen LogP contribution in [0.5, 0.6) is 0 Å². The number of hydrogen-bond acceptors (Lipinski definition) is 4. The quantitative estimate of drug-likeness (QED) is 0.843. The van der Waals surface area contributed by atoms with Crippen LogP contribution in [0, 0.1) is 6.92 Å². The normalized spacial score (nSPS) is 23.5. The van der Waals surface area contributed by atoms with E-state index in [2.05, 4.69) is 15.3 Å². The third-order valence-corrected chi connectivity index (χ3v) is 4.77. The van der Waals surface area contributed by atoms with Gasteiger partial charge in [-0.15, -0.1) is 0 Å². The van der Waals surface area contributed by atoms with Gasteiger partial charge in [0.1, 0.15) is 5.69 Å². The van der Waals surface area contributed by atoms with Gasteiger partial charge in [-0.25, -0.2) is 0 Å². The van der Waals surface area contributed by atoms with Crippen LogP contribution in [0.1, 0.15) is 35.4 Å². The lowest BCUT2D eigenvalue weighted by atomic mass is 10.1. The first-order valence-corrected chi connectivity index (χ1v) is 8.38. The van der Waals surface area contributed by atoms with Crippen molar-refractivity contribution in [1.29, 1.82) is 0 Å².